The van der Waals surface area contributed by atoms with E-state index >= 15 is 0 Å². The predicted molar refractivity (Wildman–Crippen MR) is 93.7 cm³/mol. The molecule has 0 spiro atoms. The van der Waals surface area contributed by atoms with Crippen molar-refractivity contribution in [3.8, 4) is 5.75 Å². The van der Waals surface area contributed by atoms with Crippen LogP contribution in [0.25, 0.3) is 10.8 Å². The summed E-state index contributed by atoms with van der Waals surface area (Å²) in [5.74, 6) is 0.918. The van der Waals surface area contributed by atoms with Crippen molar-refractivity contribution in [2.24, 2.45) is 0 Å². The van der Waals surface area contributed by atoms with Crippen molar-refractivity contribution >= 4 is 16.7 Å². The van der Waals surface area contributed by atoms with Crippen LogP contribution in [0.3, 0.4) is 0 Å². The molecule has 1 saturated heterocycles. The number of hydrogen-bond donors (Lipinski definition) is 0. The van der Waals surface area contributed by atoms with Crippen LogP contribution in [0.15, 0.2) is 42.5 Å². The van der Waals surface area contributed by atoms with E-state index in [4.69, 9.17) is 4.74 Å². The van der Waals surface area contributed by atoms with E-state index in [2.05, 4.69) is 12.1 Å². The van der Waals surface area contributed by atoms with Gasteiger partial charge in [0, 0.05) is 13.1 Å². The molecule has 0 radical (unpaired) electrons. The number of rotatable bonds is 4. The van der Waals surface area contributed by atoms with E-state index in [0.717, 1.165) is 37.1 Å². The van der Waals surface area contributed by atoms with Crippen molar-refractivity contribution in [3.05, 3.63) is 42.5 Å². The van der Waals surface area contributed by atoms with Crippen LogP contribution in [0.1, 0.15) is 39.0 Å². The van der Waals surface area contributed by atoms with Gasteiger partial charge in [-0.15, -0.1) is 0 Å². The van der Waals surface area contributed by atoms with Gasteiger partial charge in [-0.05, 0) is 42.2 Å². The molecule has 2 aromatic rings. The number of amides is 1. The molecule has 3 heteroatoms. The second-order valence-electron chi connectivity index (χ2n) is 6.26. The third-order valence-electron chi connectivity index (χ3n) is 4.56. The molecule has 122 valence electrons. The van der Waals surface area contributed by atoms with Crippen LogP contribution in [-0.4, -0.2) is 30.0 Å². The van der Waals surface area contributed by atoms with Crippen molar-refractivity contribution in [1.29, 1.82) is 0 Å². The molecule has 1 fully saturated rings. The molecule has 1 heterocycles. The van der Waals surface area contributed by atoms with Crippen LogP contribution in [0.2, 0.25) is 0 Å². The van der Waals surface area contributed by atoms with Gasteiger partial charge >= 0.3 is 0 Å². The molecule has 1 amide bonds. The zero-order valence-corrected chi connectivity index (χ0v) is 13.8. The SMILES string of the molecule is CC[C@@H](Oc1ccc2ccccc2c1)C(=O)N1CCCCCC1. The molecule has 0 bridgehead atoms. The van der Waals surface area contributed by atoms with Gasteiger partial charge in [0.2, 0.25) is 0 Å². The number of benzene rings is 2. The van der Waals surface area contributed by atoms with Crippen LogP contribution in [0.5, 0.6) is 5.75 Å². The minimum Gasteiger partial charge on any atom is -0.481 e. The molecular weight excluding hydrogens is 286 g/mol. The Kier molecular flexibility index (Phi) is 5.16. The summed E-state index contributed by atoms with van der Waals surface area (Å²) in [7, 11) is 0. The molecule has 0 aromatic heterocycles. The van der Waals surface area contributed by atoms with Crippen LogP contribution in [0, 0.1) is 0 Å². The molecule has 3 nitrogen and oxygen atoms in total. The lowest BCUT2D eigenvalue weighted by atomic mass is 10.1. The minimum atomic E-state index is -0.380. The largest absolute Gasteiger partial charge is 0.481 e. The van der Waals surface area contributed by atoms with Crippen LogP contribution in [0.4, 0.5) is 0 Å². The smallest absolute Gasteiger partial charge is 0.263 e. The Hall–Kier alpha value is -2.03. The lowest BCUT2D eigenvalue weighted by Crippen LogP contribution is -2.42. The molecule has 0 N–H and O–H groups in total. The molecule has 3 rings (SSSR count). The normalized spacial score (nSPS) is 16.8. The maximum absolute atomic E-state index is 12.8. The second kappa shape index (κ2) is 7.49. The third-order valence-corrected chi connectivity index (χ3v) is 4.56. The standard InChI is InChI=1S/C20H25NO2/c1-2-19(20(22)21-13-7-3-4-8-14-21)23-18-12-11-16-9-5-6-10-17(16)15-18/h5-6,9-12,15,19H,2-4,7-8,13-14H2,1H3/t19-/m1/s1. The molecule has 1 atom stereocenters. The molecule has 1 aliphatic heterocycles. The highest BCUT2D eigenvalue weighted by Gasteiger charge is 2.25. The van der Waals surface area contributed by atoms with Gasteiger partial charge in [-0.2, -0.15) is 0 Å². The highest BCUT2D eigenvalue weighted by atomic mass is 16.5. The van der Waals surface area contributed by atoms with E-state index in [1.54, 1.807) is 0 Å². The van der Waals surface area contributed by atoms with Crippen molar-refractivity contribution in [2.75, 3.05) is 13.1 Å². The maximum Gasteiger partial charge on any atom is 0.263 e. The van der Waals surface area contributed by atoms with Crippen molar-refractivity contribution in [1.82, 2.24) is 4.90 Å². The Morgan fingerprint density at radius 1 is 1.04 bits per heavy atom. The van der Waals surface area contributed by atoms with Gasteiger partial charge in [-0.3, -0.25) is 4.79 Å². The fraction of sp³-hybridized carbons (Fsp3) is 0.450. The number of likely N-dealkylation sites (tertiary alicyclic amines) is 1. The average molecular weight is 311 g/mol. The number of fused-ring (bicyclic) bond motifs is 1. The number of hydrogen-bond acceptors (Lipinski definition) is 2. The molecule has 0 saturated carbocycles. The number of ether oxygens (including phenoxy) is 1. The first kappa shape index (κ1) is 15.9. The monoisotopic (exact) mass is 311 g/mol. The lowest BCUT2D eigenvalue weighted by Gasteiger charge is -2.26. The lowest BCUT2D eigenvalue weighted by molar-refractivity contribution is -0.138. The Balaban J connectivity index is 1.73. The summed E-state index contributed by atoms with van der Waals surface area (Å²) in [6, 6.07) is 14.2. The summed E-state index contributed by atoms with van der Waals surface area (Å²) in [6.07, 6.45) is 4.99. The van der Waals surface area contributed by atoms with E-state index in [0.29, 0.717) is 6.42 Å². The minimum absolute atomic E-state index is 0.141. The summed E-state index contributed by atoms with van der Waals surface area (Å²) < 4.78 is 6.04. The predicted octanol–water partition coefficient (Wildman–Crippen LogP) is 4.40. The summed E-state index contributed by atoms with van der Waals surface area (Å²) in [5.41, 5.74) is 0. The Morgan fingerprint density at radius 3 is 2.43 bits per heavy atom. The van der Waals surface area contributed by atoms with Gasteiger partial charge in [0.25, 0.3) is 5.91 Å². The number of carbonyl (C=O) groups excluding carboxylic acids is 1. The van der Waals surface area contributed by atoms with E-state index in [1.807, 2.05) is 42.2 Å². The fourth-order valence-electron chi connectivity index (χ4n) is 3.21. The Bertz CT molecular complexity index is 659. The average Bonchev–Trinajstić information content (AvgIpc) is 2.88. The third kappa shape index (κ3) is 3.84. The molecule has 1 aliphatic rings. The first-order chi connectivity index (χ1) is 11.3. The Labute approximate surface area is 138 Å². The molecule has 0 unspecified atom stereocenters. The van der Waals surface area contributed by atoms with Crippen LogP contribution in [-0.2, 0) is 4.79 Å². The Morgan fingerprint density at radius 2 is 1.74 bits per heavy atom. The summed E-state index contributed by atoms with van der Waals surface area (Å²) in [4.78, 5) is 14.7. The van der Waals surface area contributed by atoms with Crippen LogP contribution >= 0.6 is 0 Å². The van der Waals surface area contributed by atoms with E-state index in [1.165, 1.54) is 18.2 Å². The highest BCUT2D eigenvalue weighted by molar-refractivity contribution is 5.84. The molecule has 0 aliphatic carbocycles. The van der Waals surface area contributed by atoms with Gasteiger partial charge in [0.05, 0.1) is 0 Å². The van der Waals surface area contributed by atoms with Gasteiger partial charge < -0.3 is 9.64 Å². The first-order valence-corrected chi connectivity index (χ1v) is 8.72. The van der Waals surface area contributed by atoms with Crippen molar-refractivity contribution in [3.63, 3.8) is 0 Å². The quantitative estimate of drug-likeness (QED) is 0.837. The van der Waals surface area contributed by atoms with Gasteiger partial charge in [-0.25, -0.2) is 0 Å². The topological polar surface area (TPSA) is 29.5 Å². The molecule has 23 heavy (non-hydrogen) atoms. The fourth-order valence-corrected chi connectivity index (χ4v) is 3.21. The van der Waals surface area contributed by atoms with E-state index in [9.17, 15) is 4.79 Å². The summed E-state index contributed by atoms with van der Waals surface area (Å²) >= 11 is 0. The van der Waals surface area contributed by atoms with Gasteiger partial charge in [-0.1, -0.05) is 50.1 Å². The van der Waals surface area contributed by atoms with Gasteiger partial charge in [0.15, 0.2) is 6.10 Å². The number of nitrogens with zero attached hydrogens (tertiary/aromatic N) is 1. The van der Waals surface area contributed by atoms with E-state index < -0.39 is 0 Å². The second-order valence-corrected chi connectivity index (χ2v) is 6.26. The van der Waals surface area contributed by atoms with Gasteiger partial charge in [0.1, 0.15) is 5.75 Å². The zero-order chi connectivity index (χ0) is 16.1. The molecular formula is C20H25NO2. The van der Waals surface area contributed by atoms with Crippen molar-refractivity contribution in [2.45, 2.75) is 45.1 Å². The number of carbonyl (C=O) groups is 1. The first-order valence-electron chi connectivity index (χ1n) is 8.72. The van der Waals surface area contributed by atoms with Crippen molar-refractivity contribution < 1.29 is 9.53 Å². The maximum atomic E-state index is 12.8. The molecule has 2 aromatic carbocycles. The van der Waals surface area contributed by atoms with E-state index in [-0.39, 0.29) is 12.0 Å². The highest BCUT2D eigenvalue weighted by Crippen LogP contribution is 2.23. The zero-order valence-electron chi connectivity index (χ0n) is 13.8. The van der Waals surface area contributed by atoms with Crippen LogP contribution < -0.4 is 4.74 Å². The summed E-state index contributed by atoms with van der Waals surface area (Å²) in [5, 5.41) is 2.33. The summed E-state index contributed by atoms with van der Waals surface area (Å²) in [6.45, 7) is 3.76.